The lowest BCUT2D eigenvalue weighted by atomic mass is 9.91. The molecular formula is C60H41N. The second-order valence-electron chi connectivity index (χ2n) is 15.7. The van der Waals surface area contributed by atoms with Gasteiger partial charge in [-0.1, -0.05) is 212 Å². The van der Waals surface area contributed by atoms with Gasteiger partial charge in [0.15, 0.2) is 0 Å². The third-order valence-electron chi connectivity index (χ3n) is 12.0. The highest BCUT2D eigenvalue weighted by atomic mass is 15.1. The lowest BCUT2D eigenvalue weighted by molar-refractivity contribution is 1.28. The summed E-state index contributed by atoms with van der Waals surface area (Å²) >= 11 is 0. The maximum Gasteiger partial charge on any atom is 0.0467 e. The van der Waals surface area contributed by atoms with E-state index in [0.717, 1.165) is 17.1 Å². The topological polar surface area (TPSA) is 3.24 Å². The Morgan fingerprint density at radius 3 is 1.20 bits per heavy atom. The van der Waals surface area contributed by atoms with Crippen molar-refractivity contribution in [2.45, 2.75) is 0 Å². The monoisotopic (exact) mass is 775 g/mol. The van der Waals surface area contributed by atoms with E-state index < -0.39 is 0 Å². The zero-order chi connectivity index (χ0) is 40.5. The Morgan fingerprint density at radius 1 is 0.213 bits per heavy atom. The Morgan fingerprint density at radius 2 is 0.607 bits per heavy atom. The van der Waals surface area contributed by atoms with Crippen molar-refractivity contribution in [3.8, 4) is 55.6 Å². The van der Waals surface area contributed by atoms with Crippen molar-refractivity contribution in [3.05, 3.63) is 249 Å². The normalized spacial score (nSPS) is 11.3. The maximum absolute atomic E-state index is 2.40. The van der Waals surface area contributed by atoms with Gasteiger partial charge in [0.25, 0.3) is 0 Å². The van der Waals surface area contributed by atoms with E-state index in [4.69, 9.17) is 0 Å². The van der Waals surface area contributed by atoms with Gasteiger partial charge in [-0.05, 0) is 124 Å². The highest BCUT2D eigenvalue weighted by Crippen LogP contribution is 2.42. The van der Waals surface area contributed by atoms with Crippen molar-refractivity contribution in [3.63, 3.8) is 0 Å². The highest BCUT2D eigenvalue weighted by Gasteiger charge is 2.17. The second kappa shape index (κ2) is 15.6. The van der Waals surface area contributed by atoms with Crippen LogP contribution in [0.15, 0.2) is 249 Å². The molecule has 1 heteroatoms. The number of hydrogen-bond donors (Lipinski definition) is 0. The lowest BCUT2D eigenvalue weighted by Gasteiger charge is -2.27. The van der Waals surface area contributed by atoms with Crippen LogP contribution in [0.2, 0.25) is 0 Å². The molecule has 0 saturated heterocycles. The van der Waals surface area contributed by atoms with E-state index >= 15 is 0 Å². The van der Waals surface area contributed by atoms with Crippen LogP contribution in [0, 0.1) is 0 Å². The van der Waals surface area contributed by atoms with Crippen LogP contribution in [-0.2, 0) is 0 Å². The van der Waals surface area contributed by atoms with Gasteiger partial charge in [-0.3, -0.25) is 0 Å². The summed E-state index contributed by atoms with van der Waals surface area (Å²) in [6.45, 7) is 0. The van der Waals surface area contributed by atoms with Crippen LogP contribution in [0.5, 0.6) is 0 Å². The molecule has 61 heavy (non-hydrogen) atoms. The molecule has 0 saturated carbocycles. The van der Waals surface area contributed by atoms with E-state index in [1.807, 2.05) is 0 Å². The molecule has 0 unspecified atom stereocenters. The first kappa shape index (κ1) is 36.1. The van der Waals surface area contributed by atoms with Crippen LogP contribution < -0.4 is 4.90 Å². The average Bonchev–Trinajstić information content (AvgIpc) is 3.35. The summed E-state index contributed by atoms with van der Waals surface area (Å²) in [4.78, 5) is 2.40. The van der Waals surface area contributed by atoms with Crippen LogP contribution in [0.25, 0.3) is 88.0 Å². The summed E-state index contributed by atoms with van der Waals surface area (Å²) < 4.78 is 0. The molecule has 0 radical (unpaired) electrons. The highest BCUT2D eigenvalue weighted by molar-refractivity contribution is 6.24. The maximum atomic E-state index is 2.40. The zero-order valence-corrected chi connectivity index (χ0v) is 33.6. The average molecular weight is 776 g/mol. The molecular weight excluding hydrogens is 735 g/mol. The number of fused-ring (bicyclic) bond motifs is 5. The van der Waals surface area contributed by atoms with Gasteiger partial charge in [0.1, 0.15) is 0 Å². The van der Waals surface area contributed by atoms with E-state index in [1.165, 1.54) is 88.0 Å². The molecule has 0 bridgehead atoms. The first-order chi connectivity index (χ1) is 30.2. The quantitative estimate of drug-likeness (QED) is 0.139. The largest absolute Gasteiger partial charge is 0.310 e. The van der Waals surface area contributed by atoms with Gasteiger partial charge in [-0.15, -0.1) is 0 Å². The van der Waals surface area contributed by atoms with Crippen molar-refractivity contribution in [2.75, 3.05) is 4.90 Å². The number of nitrogens with zero attached hydrogens (tertiary/aromatic N) is 1. The van der Waals surface area contributed by atoms with Crippen LogP contribution in [0.3, 0.4) is 0 Å². The van der Waals surface area contributed by atoms with Gasteiger partial charge in [-0.2, -0.15) is 0 Å². The van der Waals surface area contributed by atoms with Gasteiger partial charge >= 0.3 is 0 Å². The summed E-state index contributed by atoms with van der Waals surface area (Å²) in [5.74, 6) is 0. The molecule has 11 aromatic rings. The van der Waals surface area contributed by atoms with Gasteiger partial charge in [-0.25, -0.2) is 0 Å². The summed E-state index contributed by atoms with van der Waals surface area (Å²) in [7, 11) is 0. The second-order valence-corrected chi connectivity index (χ2v) is 15.7. The molecule has 11 rings (SSSR count). The Balaban J connectivity index is 1.02. The van der Waals surface area contributed by atoms with Gasteiger partial charge < -0.3 is 4.90 Å². The fraction of sp³-hybridized carbons (Fsp3) is 0. The predicted octanol–water partition coefficient (Wildman–Crippen LogP) is 17.0. The molecule has 0 atom stereocenters. The Kier molecular flexibility index (Phi) is 9.26. The Labute approximate surface area is 357 Å². The first-order valence-corrected chi connectivity index (χ1v) is 21.0. The van der Waals surface area contributed by atoms with E-state index in [1.54, 1.807) is 0 Å². The van der Waals surface area contributed by atoms with E-state index in [2.05, 4.69) is 254 Å². The molecule has 0 aliphatic heterocycles. The fourth-order valence-corrected chi connectivity index (χ4v) is 8.97. The molecule has 0 amide bonds. The molecule has 286 valence electrons. The van der Waals surface area contributed by atoms with E-state index in [-0.39, 0.29) is 0 Å². The number of rotatable bonds is 8. The van der Waals surface area contributed by atoms with Crippen molar-refractivity contribution in [1.29, 1.82) is 0 Å². The molecule has 0 aliphatic carbocycles. The molecule has 0 aliphatic rings. The summed E-state index contributed by atoms with van der Waals surface area (Å²) in [6, 6.07) is 90.4. The smallest absolute Gasteiger partial charge is 0.0467 e. The minimum atomic E-state index is 1.09. The van der Waals surface area contributed by atoms with Crippen molar-refractivity contribution in [2.24, 2.45) is 0 Å². The summed E-state index contributed by atoms with van der Waals surface area (Å²) in [5, 5.41) is 7.60. The number of hydrogen-bond acceptors (Lipinski definition) is 1. The van der Waals surface area contributed by atoms with Crippen LogP contribution >= 0.6 is 0 Å². The summed E-state index contributed by atoms with van der Waals surface area (Å²) in [5.41, 5.74) is 15.3. The van der Waals surface area contributed by atoms with Crippen molar-refractivity contribution < 1.29 is 0 Å². The third-order valence-corrected chi connectivity index (χ3v) is 12.0. The zero-order valence-electron chi connectivity index (χ0n) is 33.6. The van der Waals surface area contributed by atoms with Crippen LogP contribution in [0.1, 0.15) is 0 Å². The number of anilines is 3. The van der Waals surface area contributed by atoms with Crippen molar-refractivity contribution >= 4 is 49.4 Å². The Hall–Kier alpha value is -8.00. The van der Waals surface area contributed by atoms with Gasteiger partial charge in [0, 0.05) is 17.1 Å². The standard InChI is InChI=1S/C60H41N/c1-3-12-42(13-4-1)44-24-26-46(27-25-44)47-36-38-54(39-37-47)61(55-20-9-18-52(40-55)48-30-28-45(29-31-48)43-14-5-2-6-15-43)56-21-10-19-53(41-56)58-23-11-17-50-34-35-51-33-32-49-16-7-8-22-57(49)60(51)59(50)58/h1-41H. The third kappa shape index (κ3) is 6.93. The van der Waals surface area contributed by atoms with Gasteiger partial charge in [0.05, 0.1) is 0 Å². The van der Waals surface area contributed by atoms with Gasteiger partial charge in [0.2, 0.25) is 0 Å². The molecule has 11 aromatic carbocycles. The fourth-order valence-electron chi connectivity index (χ4n) is 8.97. The lowest BCUT2D eigenvalue weighted by Crippen LogP contribution is -2.10. The summed E-state index contributed by atoms with van der Waals surface area (Å²) in [6.07, 6.45) is 0. The predicted molar refractivity (Wildman–Crippen MR) is 261 cm³/mol. The molecule has 0 spiro atoms. The van der Waals surface area contributed by atoms with Crippen LogP contribution in [0.4, 0.5) is 17.1 Å². The number of benzene rings is 11. The van der Waals surface area contributed by atoms with E-state index in [9.17, 15) is 0 Å². The molecule has 0 N–H and O–H groups in total. The van der Waals surface area contributed by atoms with Crippen LogP contribution in [-0.4, -0.2) is 0 Å². The minimum absolute atomic E-state index is 1.09. The molecule has 0 fully saturated rings. The van der Waals surface area contributed by atoms with Crippen molar-refractivity contribution in [1.82, 2.24) is 0 Å². The first-order valence-electron chi connectivity index (χ1n) is 21.0. The van der Waals surface area contributed by atoms with E-state index in [0.29, 0.717) is 0 Å². The molecule has 0 heterocycles. The minimum Gasteiger partial charge on any atom is -0.310 e. The Bertz CT molecular complexity index is 3310. The molecule has 0 aromatic heterocycles. The SMILES string of the molecule is c1ccc(-c2ccc(-c3ccc(N(c4cccc(-c5ccc(-c6ccccc6)cc5)c4)c4cccc(-c5cccc6ccc7ccc8ccccc8c7c56)c4)cc3)cc2)cc1. The molecule has 1 nitrogen and oxygen atoms in total.